The lowest BCUT2D eigenvalue weighted by Gasteiger charge is -2.58. The number of alkyl halides is 3. The zero-order valence-corrected chi connectivity index (χ0v) is 18.7. The predicted octanol–water partition coefficient (Wildman–Crippen LogP) is 6.04. The van der Waals surface area contributed by atoms with Crippen molar-refractivity contribution in [2.75, 3.05) is 13.1 Å². The van der Waals surface area contributed by atoms with Crippen LogP contribution in [0.5, 0.6) is 0 Å². The molecule has 6 rings (SSSR count). The summed E-state index contributed by atoms with van der Waals surface area (Å²) in [5.74, 6) is -0.251. The molecule has 1 aromatic heterocycles. The number of hydrogen-bond acceptors (Lipinski definition) is 2. The molecule has 1 unspecified atom stereocenters. The zero-order chi connectivity index (χ0) is 24.1. The van der Waals surface area contributed by atoms with Crippen LogP contribution < -0.4 is 0 Å². The third-order valence-electron chi connectivity index (χ3n) is 7.91. The number of rotatable bonds is 5. The van der Waals surface area contributed by atoms with E-state index in [1.54, 1.807) is 6.20 Å². The van der Waals surface area contributed by atoms with E-state index in [-0.39, 0.29) is 24.1 Å². The van der Waals surface area contributed by atoms with E-state index < -0.39 is 23.7 Å². The Hall–Kier alpha value is -2.77. The molecule has 3 nitrogen and oxygen atoms in total. The van der Waals surface area contributed by atoms with Gasteiger partial charge < -0.3 is 9.59 Å². The first kappa shape index (κ1) is 23.0. The van der Waals surface area contributed by atoms with E-state index in [9.17, 15) is 22.7 Å². The lowest BCUT2D eigenvalue weighted by Crippen LogP contribution is -2.67. The van der Waals surface area contributed by atoms with Gasteiger partial charge in [0.2, 0.25) is 0 Å². The second-order valence-corrected chi connectivity index (χ2v) is 9.70. The van der Waals surface area contributed by atoms with Crippen molar-refractivity contribution >= 4 is 10.9 Å². The first-order valence-electron chi connectivity index (χ1n) is 11.6. The van der Waals surface area contributed by atoms with Crippen LogP contribution in [-0.4, -0.2) is 33.7 Å². The van der Waals surface area contributed by atoms with Crippen molar-refractivity contribution in [2.45, 2.75) is 37.7 Å². The van der Waals surface area contributed by atoms with Crippen LogP contribution in [0.15, 0.2) is 67.4 Å². The van der Waals surface area contributed by atoms with Gasteiger partial charge in [-0.05, 0) is 41.8 Å². The Morgan fingerprint density at radius 2 is 1.97 bits per heavy atom. The monoisotopic (exact) mass is 471 g/mol. The molecule has 1 N–H and O–H groups in total. The maximum Gasteiger partial charge on any atom is 0.416 e. The number of para-hydroxylation sites is 1. The topological polar surface area (TPSA) is 33.1 Å². The van der Waals surface area contributed by atoms with Gasteiger partial charge in [-0.15, -0.1) is 6.58 Å². The summed E-state index contributed by atoms with van der Waals surface area (Å²) < 4.78 is 54.5. The number of piperidine rings is 3. The first-order valence-corrected chi connectivity index (χ1v) is 11.6. The highest BCUT2D eigenvalue weighted by Crippen LogP contribution is 2.48. The fraction of sp³-hybridized carbons (Fsp3) is 0.370. The Labute approximate surface area is 195 Å². The Morgan fingerprint density at radius 1 is 1.18 bits per heavy atom. The molecule has 178 valence electrons. The molecule has 34 heavy (non-hydrogen) atoms. The minimum atomic E-state index is -4.59. The molecule has 0 radical (unpaired) electrons. The predicted molar refractivity (Wildman–Crippen MR) is 122 cm³/mol. The van der Waals surface area contributed by atoms with Gasteiger partial charge in [0.15, 0.2) is 0 Å². The molecule has 5 atom stereocenters. The molecule has 3 fully saturated rings. The van der Waals surface area contributed by atoms with E-state index in [1.807, 2.05) is 36.4 Å². The molecule has 7 heteroatoms. The second-order valence-electron chi connectivity index (χ2n) is 9.70. The van der Waals surface area contributed by atoms with Gasteiger partial charge in [-0.3, -0.25) is 4.98 Å². The highest BCUT2D eigenvalue weighted by atomic mass is 19.4. The van der Waals surface area contributed by atoms with E-state index in [2.05, 4.69) is 11.6 Å². The summed E-state index contributed by atoms with van der Waals surface area (Å²) in [4.78, 5) is 4.40. The average molecular weight is 472 g/mol. The van der Waals surface area contributed by atoms with Crippen molar-refractivity contribution in [3.05, 3.63) is 89.9 Å². The fourth-order valence-corrected chi connectivity index (χ4v) is 6.16. The van der Waals surface area contributed by atoms with E-state index >= 15 is 0 Å². The van der Waals surface area contributed by atoms with Crippen LogP contribution in [-0.2, 0) is 12.7 Å². The summed E-state index contributed by atoms with van der Waals surface area (Å²) in [6.45, 7) is 5.63. The van der Waals surface area contributed by atoms with Crippen LogP contribution in [0.25, 0.3) is 10.9 Å². The molecule has 0 spiro atoms. The summed E-state index contributed by atoms with van der Waals surface area (Å²) in [7, 11) is 0. The normalized spacial score (nSPS) is 27.6. The summed E-state index contributed by atoms with van der Waals surface area (Å²) in [6, 6.07) is 12.0. The highest BCUT2D eigenvalue weighted by Gasteiger charge is 2.54. The van der Waals surface area contributed by atoms with Crippen LogP contribution >= 0.6 is 0 Å². The largest absolute Gasteiger partial charge is 0.416 e. The number of nitrogens with zero attached hydrogens (tertiary/aromatic N) is 2. The number of benzene rings is 2. The lowest BCUT2D eigenvalue weighted by atomic mass is 9.71. The van der Waals surface area contributed by atoms with Crippen molar-refractivity contribution in [3.63, 3.8) is 0 Å². The van der Waals surface area contributed by atoms with Gasteiger partial charge in [0.1, 0.15) is 24.5 Å². The molecule has 3 aliphatic rings. The average Bonchev–Trinajstić information content (AvgIpc) is 2.84. The molecule has 0 aliphatic carbocycles. The van der Waals surface area contributed by atoms with Crippen molar-refractivity contribution in [3.8, 4) is 0 Å². The minimum absolute atomic E-state index is 0.206. The number of quaternary nitrogens is 1. The third-order valence-corrected chi connectivity index (χ3v) is 7.91. The van der Waals surface area contributed by atoms with Crippen LogP contribution in [0.1, 0.15) is 35.6 Å². The number of hydrogen-bond donors (Lipinski definition) is 1. The highest BCUT2D eigenvalue weighted by molar-refractivity contribution is 5.82. The smallest absolute Gasteiger partial charge is 0.382 e. The Balaban J connectivity index is 1.54. The van der Waals surface area contributed by atoms with Crippen molar-refractivity contribution in [2.24, 2.45) is 11.8 Å². The van der Waals surface area contributed by atoms with Gasteiger partial charge in [-0.1, -0.05) is 24.3 Å². The van der Waals surface area contributed by atoms with Gasteiger partial charge in [0, 0.05) is 35.9 Å². The maximum absolute atomic E-state index is 14.9. The van der Waals surface area contributed by atoms with Gasteiger partial charge in [-0.2, -0.15) is 13.2 Å². The minimum Gasteiger partial charge on any atom is -0.382 e. The van der Waals surface area contributed by atoms with Crippen LogP contribution in [0.2, 0.25) is 0 Å². The number of halogens is 4. The molecule has 2 bridgehead atoms. The standard InChI is InChI=1S/C27H27F4N2O/c1-2-17-15-33(16-19-7-8-20(14-23(19)28)27(29,30)31)12-10-18(17)13-25(33)26(34)22-9-11-32-24-6-4-3-5-21(22)24/h2-9,11,14,17-18,25-26,34H,1,10,12-13,15-16H2/q+1/t17-,18-,25+,26-,33?/m0/s1. The second kappa shape index (κ2) is 8.47. The first-order chi connectivity index (χ1) is 16.2. The molecule has 0 amide bonds. The Kier molecular flexibility index (Phi) is 5.73. The Morgan fingerprint density at radius 3 is 2.71 bits per heavy atom. The molecule has 3 aromatic rings. The van der Waals surface area contributed by atoms with E-state index in [0.29, 0.717) is 23.0 Å². The lowest BCUT2D eigenvalue weighted by molar-refractivity contribution is -0.985. The number of aliphatic hydroxyl groups is 1. The molecule has 3 aliphatic heterocycles. The molecule has 2 aromatic carbocycles. The van der Waals surface area contributed by atoms with Gasteiger partial charge in [0.05, 0.1) is 24.2 Å². The zero-order valence-electron chi connectivity index (χ0n) is 18.7. The summed E-state index contributed by atoms with van der Waals surface area (Å²) in [6.07, 6.45) is -0.117. The van der Waals surface area contributed by atoms with Crippen LogP contribution in [0.3, 0.4) is 0 Å². The molecular formula is C27H27F4N2O+. The van der Waals surface area contributed by atoms with Crippen molar-refractivity contribution in [1.82, 2.24) is 4.98 Å². The van der Waals surface area contributed by atoms with Crippen LogP contribution in [0.4, 0.5) is 17.6 Å². The number of aromatic nitrogens is 1. The maximum atomic E-state index is 14.9. The quantitative estimate of drug-likeness (QED) is 0.280. The molecule has 4 heterocycles. The van der Waals surface area contributed by atoms with Gasteiger partial charge >= 0.3 is 6.18 Å². The summed E-state index contributed by atoms with van der Waals surface area (Å²) in [5, 5.41) is 12.6. The fourth-order valence-electron chi connectivity index (χ4n) is 6.16. The molecular weight excluding hydrogens is 444 g/mol. The Bertz CT molecular complexity index is 1220. The third kappa shape index (κ3) is 3.91. The number of pyridine rings is 1. The van der Waals surface area contributed by atoms with Crippen molar-refractivity contribution < 1.29 is 27.2 Å². The van der Waals surface area contributed by atoms with E-state index in [0.717, 1.165) is 41.9 Å². The van der Waals surface area contributed by atoms with E-state index in [4.69, 9.17) is 0 Å². The number of aliphatic hydroxyl groups excluding tert-OH is 1. The molecule has 0 saturated carbocycles. The van der Waals surface area contributed by atoms with Gasteiger partial charge in [-0.25, -0.2) is 4.39 Å². The SMILES string of the molecule is C=C[C@H]1C[N+]2(Cc3ccc(C(F)(F)F)cc3F)CC[C@H]1C[C@@H]2[C@@H](O)c1ccnc2ccccc12. The summed E-state index contributed by atoms with van der Waals surface area (Å²) in [5.41, 5.74) is 0.825. The summed E-state index contributed by atoms with van der Waals surface area (Å²) >= 11 is 0. The number of fused-ring (bicyclic) bond motifs is 4. The van der Waals surface area contributed by atoms with Gasteiger partial charge in [0.25, 0.3) is 0 Å². The van der Waals surface area contributed by atoms with Crippen molar-refractivity contribution in [1.29, 1.82) is 0 Å². The molecule has 3 saturated heterocycles. The van der Waals surface area contributed by atoms with Crippen LogP contribution in [0, 0.1) is 17.7 Å². The van der Waals surface area contributed by atoms with E-state index in [1.165, 1.54) is 6.07 Å².